The van der Waals surface area contributed by atoms with Crippen molar-refractivity contribution < 1.29 is 56.8 Å². The summed E-state index contributed by atoms with van der Waals surface area (Å²) in [6, 6.07) is 5.85. The minimum atomic E-state index is -5.00. The van der Waals surface area contributed by atoms with Crippen LogP contribution in [0.5, 0.6) is 5.75 Å². The molecule has 1 aromatic heterocycles. The maximum atomic E-state index is 14.7. The molecule has 1 heterocycles. The lowest BCUT2D eigenvalue weighted by Gasteiger charge is -2.35. The Kier molecular flexibility index (Phi) is 7.28. The molecule has 8 nitrogen and oxygen atoms in total. The molecule has 2 aromatic carbocycles. The molecule has 1 aliphatic carbocycles. The van der Waals surface area contributed by atoms with Crippen molar-refractivity contribution in [3.63, 3.8) is 0 Å². The number of nitrogens with one attached hydrogen (secondary N) is 1. The number of hydrogen-bond acceptors (Lipinski definition) is 6. The highest BCUT2D eigenvalue weighted by molar-refractivity contribution is 7.93. The number of nitrogens with zero attached hydrogens (tertiary/aromatic N) is 1. The van der Waals surface area contributed by atoms with Crippen LogP contribution in [0.4, 0.5) is 32.0 Å². The van der Waals surface area contributed by atoms with Crippen LogP contribution in [0.15, 0.2) is 52.4 Å². The van der Waals surface area contributed by atoms with E-state index in [0.29, 0.717) is 27.9 Å². The molecule has 0 amide bonds. The van der Waals surface area contributed by atoms with Crippen molar-refractivity contribution in [2.45, 2.75) is 54.4 Å². The van der Waals surface area contributed by atoms with Gasteiger partial charge in [0.2, 0.25) is 0 Å². The molecule has 0 fully saturated rings. The molecule has 1 N–H and O–H groups in total. The summed E-state index contributed by atoms with van der Waals surface area (Å²) in [5.74, 6) is -3.78. The van der Waals surface area contributed by atoms with Crippen molar-refractivity contribution in [3.8, 4) is 5.75 Å². The molecule has 224 valence electrons. The Hall–Kier alpha value is -3.24. The van der Waals surface area contributed by atoms with Gasteiger partial charge in [0.1, 0.15) is 17.1 Å². The van der Waals surface area contributed by atoms with Crippen LogP contribution in [0, 0.1) is 18.6 Å². The topological polar surface area (TPSA) is 104 Å². The first-order valence-electron chi connectivity index (χ1n) is 13.2. The van der Waals surface area contributed by atoms with Gasteiger partial charge in [-0.15, -0.1) is 0 Å². The summed E-state index contributed by atoms with van der Waals surface area (Å²) < 4.78 is 170. The monoisotopic (exact) mass is 629 g/mol. The summed E-state index contributed by atoms with van der Waals surface area (Å²) in [5.41, 5.74) is -3.90. The number of ether oxygens (including phenoxy) is 2. The maximum Gasteiger partial charge on any atom is 0.272 e. The van der Waals surface area contributed by atoms with E-state index >= 15 is 0 Å². The zero-order valence-corrected chi connectivity index (χ0v) is 22.6. The van der Waals surface area contributed by atoms with Gasteiger partial charge in [-0.2, -0.15) is 0 Å². The summed E-state index contributed by atoms with van der Waals surface area (Å²) in [6.07, 6.45) is -8.27. The van der Waals surface area contributed by atoms with Gasteiger partial charge in [0.15, 0.2) is 17.4 Å². The summed E-state index contributed by atoms with van der Waals surface area (Å²) in [7, 11) is -13.0. The molecule has 0 saturated heterocycles. The molecule has 0 aliphatic heterocycles. The Morgan fingerprint density at radius 3 is 2.37 bits per heavy atom. The zero-order valence-electron chi connectivity index (χ0n) is 24.0. The van der Waals surface area contributed by atoms with Crippen LogP contribution in [0.1, 0.15) is 27.4 Å². The number of rotatable bonds is 10. The number of methoxy groups -OCH3 is 1. The van der Waals surface area contributed by atoms with Crippen LogP contribution in [-0.4, -0.2) is 52.9 Å². The first-order chi connectivity index (χ1) is 20.3. The minimum absolute atomic E-state index is 0.309. The van der Waals surface area contributed by atoms with E-state index in [2.05, 4.69) is 4.74 Å². The second-order valence-electron chi connectivity index (χ2n) is 9.25. The van der Waals surface area contributed by atoms with E-state index in [1.165, 1.54) is 24.3 Å². The van der Waals surface area contributed by atoms with E-state index < -0.39 is 105 Å². The van der Waals surface area contributed by atoms with Crippen molar-refractivity contribution >= 4 is 25.7 Å². The van der Waals surface area contributed by atoms with E-state index in [0.717, 1.165) is 0 Å². The highest BCUT2D eigenvalue weighted by Gasteiger charge is 2.47. The van der Waals surface area contributed by atoms with Crippen molar-refractivity contribution in [3.05, 3.63) is 71.1 Å². The number of hydrogen-bond donors (Lipinski definition) is 1. The van der Waals surface area contributed by atoms with E-state index in [4.69, 9.17) is 8.85 Å². The predicted molar refractivity (Wildman–Crippen MR) is 135 cm³/mol. The van der Waals surface area contributed by atoms with Gasteiger partial charge in [0.25, 0.3) is 32.9 Å². The zero-order chi connectivity index (χ0) is 32.8. The van der Waals surface area contributed by atoms with Gasteiger partial charge in [-0.3, -0.25) is 4.72 Å². The first-order valence-corrected chi connectivity index (χ1v) is 14.6. The SMILES string of the molecule is [2H]C([2H])([2H])O[C@@]1(C(F)F)CCc2c(S(=O)(=O)Nc3cc(F)c(OCC(F)F)cc3F)cn(S(=O)(=O)c3ccc(C)cc3)c2C1. The number of sulfonamides is 1. The van der Waals surface area contributed by atoms with Crippen LogP contribution >= 0.6 is 0 Å². The largest absolute Gasteiger partial charge is 0.484 e. The third-order valence-corrected chi connectivity index (χ3v) is 9.64. The van der Waals surface area contributed by atoms with Gasteiger partial charge in [-0.1, -0.05) is 17.7 Å². The summed E-state index contributed by atoms with van der Waals surface area (Å²) in [4.78, 5) is -1.17. The van der Waals surface area contributed by atoms with Gasteiger partial charge in [0.05, 0.1) is 14.7 Å². The second-order valence-corrected chi connectivity index (χ2v) is 12.7. The Bertz CT molecular complexity index is 1770. The van der Waals surface area contributed by atoms with Crippen LogP contribution in [0.2, 0.25) is 0 Å². The van der Waals surface area contributed by atoms with Crippen molar-refractivity contribution in [2.75, 3.05) is 18.4 Å². The Labute approximate surface area is 236 Å². The average molecular weight is 630 g/mol. The standard InChI is InChI=1S/C25H24F6N2O6S2/c1-14-3-5-15(6-4-14)41(36,37)33-12-22(16-7-8-25(38-2,24(30)31)11-20(16)33)40(34,35)32-19-9-18(27)21(10-17(19)26)39-13-23(28)29/h3-6,9-10,12,23-24,32H,7-8,11,13H2,1-2H3/t25-/m0/s1/i2D3. The van der Waals surface area contributed by atoms with Crippen LogP contribution in [0.3, 0.4) is 0 Å². The number of anilines is 1. The minimum Gasteiger partial charge on any atom is -0.484 e. The van der Waals surface area contributed by atoms with Crippen LogP contribution in [0.25, 0.3) is 0 Å². The van der Waals surface area contributed by atoms with Crippen molar-refractivity contribution in [1.29, 1.82) is 0 Å². The van der Waals surface area contributed by atoms with Crippen molar-refractivity contribution in [2.24, 2.45) is 0 Å². The second kappa shape index (κ2) is 11.2. The third-order valence-electron chi connectivity index (χ3n) is 6.51. The molecule has 0 saturated carbocycles. The van der Waals surface area contributed by atoms with E-state index in [9.17, 15) is 43.2 Å². The number of fused-ring (bicyclic) bond motifs is 1. The van der Waals surface area contributed by atoms with E-state index in [-0.39, 0.29) is 10.5 Å². The lowest BCUT2D eigenvalue weighted by molar-refractivity contribution is -0.128. The Morgan fingerprint density at radius 2 is 1.76 bits per heavy atom. The fourth-order valence-corrected chi connectivity index (χ4v) is 7.18. The summed E-state index contributed by atoms with van der Waals surface area (Å²) >= 11 is 0. The maximum absolute atomic E-state index is 14.7. The lowest BCUT2D eigenvalue weighted by Crippen LogP contribution is -2.45. The molecule has 0 spiro atoms. The van der Waals surface area contributed by atoms with Crippen LogP contribution < -0.4 is 9.46 Å². The van der Waals surface area contributed by atoms with Gasteiger partial charge < -0.3 is 9.47 Å². The molecule has 0 radical (unpaired) electrons. The third kappa shape index (κ3) is 5.90. The molecule has 0 unspecified atom stereocenters. The molecule has 41 heavy (non-hydrogen) atoms. The molecule has 1 atom stereocenters. The molecule has 1 aliphatic rings. The fourth-order valence-electron chi connectivity index (χ4n) is 4.36. The number of aromatic nitrogens is 1. The molecule has 16 heteroatoms. The van der Waals surface area contributed by atoms with Gasteiger partial charge >= 0.3 is 0 Å². The molecular formula is C25H24F6N2O6S2. The smallest absolute Gasteiger partial charge is 0.272 e. The van der Waals surface area contributed by atoms with E-state index in [1.807, 2.05) is 0 Å². The van der Waals surface area contributed by atoms with Gasteiger partial charge in [0, 0.05) is 37.5 Å². The summed E-state index contributed by atoms with van der Waals surface area (Å²) in [6.45, 7) is 0.384. The Balaban J connectivity index is 1.85. The number of halogens is 6. The Morgan fingerprint density at radius 1 is 1.07 bits per heavy atom. The first kappa shape index (κ1) is 26.6. The molecular weight excluding hydrogens is 602 g/mol. The highest BCUT2D eigenvalue weighted by Crippen LogP contribution is 2.41. The summed E-state index contributed by atoms with van der Waals surface area (Å²) in [5, 5.41) is 0. The predicted octanol–water partition coefficient (Wildman–Crippen LogP) is 4.90. The molecule has 0 bridgehead atoms. The van der Waals surface area contributed by atoms with Gasteiger partial charge in [-0.25, -0.2) is 47.2 Å². The molecule has 4 rings (SSSR count). The number of aryl methyl sites for hydroxylation is 1. The van der Waals surface area contributed by atoms with Crippen molar-refractivity contribution in [1.82, 2.24) is 3.97 Å². The average Bonchev–Trinajstić information content (AvgIpc) is 3.29. The lowest BCUT2D eigenvalue weighted by atomic mass is 9.84. The van der Waals surface area contributed by atoms with Crippen LogP contribution in [-0.2, 0) is 37.6 Å². The fraction of sp³-hybridized carbons (Fsp3) is 0.360. The normalized spacial score (nSPS) is 19.0. The van der Waals surface area contributed by atoms with Gasteiger partial charge in [-0.05, 0) is 37.5 Å². The quantitative estimate of drug-likeness (QED) is 0.321. The highest BCUT2D eigenvalue weighted by atomic mass is 32.2. The molecule has 3 aromatic rings. The number of benzene rings is 2. The van der Waals surface area contributed by atoms with E-state index in [1.54, 1.807) is 11.6 Å². The number of alkyl halides is 4.